The minimum atomic E-state index is 0.158. The summed E-state index contributed by atoms with van der Waals surface area (Å²) >= 11 is 11.3. The maximum atomic E-state index is 5.71. The van der Waals surface area contributed by atoms with E-state index in [0.717, 1.165) is 0 Å². The highest BCUT2D eigenvalue weighted by Gasteiger charge is 2.03. The Morgan fingerprint density at radius 2 is 1.71 bits per heavy atom. The zero-order valence-corrected chi connectivity index (χ0v) is 8.37. The normalized spacial score (nSPS) is 10.1. The van der Waals surface area contributed by atoms with E-state index in [0.29, 0.717) is 16.7 Å². The Kier molecular flexibility index (Phi) is 2.56. The van der Waals surface area contributed by atoms with Gasteiger partial charge in [-0.15, -0.1) is 0 Å². The van der Waals surface area contributed by atoms with Gasteiger partial charge in [0.25, 0.3) is 0 Å². The minimum absolute atomic E-state index is 0.158. The fourth-order valence-electron chi connectivity index (χ4n) is 0.920. The van der Waals surface area contributed by atoms with Crippen LogP contribution >= 0.6 is 23.2 Å². The number of rotatable bonds is 1. The highest BCUT2D eigenvalue weighted by Crippen LogP contribution is 2.14. The van der Waals surface area contributed by atoms with E-state index in [1.807, 2.05) is 0 Å². The Labute approximate surface area is 90.0 Å². The van der Waals surface area contributed by atoms with Crippen molar-refractivity contribution in [3.05, 3.63) is 35.0 Å². The second kappa shape index (κ2) is 3.86. The summed E-state index contributed by atoms with van der Waals surface area (Å²) < 4.78 is 0. The third kappa shape index (κ3) is 1.97. The largest absolute Gasteiger partial charge is 0.235 e. The molecule has 0 N–H and O–H groups in total. The Morgan fingerprint density at radius 3 is 2.43 bits per heavy atom. The van der Waals surface area contributed by atoms with Crippen molar-refractivity contribution >= 4 is 23.2 Å². The number of hydrogen-bond donors (Lipinski definition) is 0. The van der Waals surface area contributed by atoms with E-state index in [-0.39, 0.29) is 5.28 Å². The summed E-state index contributed by atoms with van der Waals surface area (Å²) in [4.78, 5) is 15.7. The Morgan fingerprint density at radius 1 is 0.929 bits per heavy atom. The van der Waals surface area contributed by atoms with Gasteiger partial charge in [0.15, 0.2) is 5.82 Å². The van der Waals surface area contributed by atoms with Crippen LogP contribution in [0.4, 0.5) is 0 Å². The predicted molar refractivity (Wildman–Crippen MR) is 53.1 cm³/mol. The zero-order valence-electron chi connectivity index (χ0n) is 6.85. The van der Waals surface area contributed by atoms with Crippen molar-refractivity contribution in [3.63, 3.8) is 0 Å². The van der Waals surface area contributed by atoms with Gasteiger partial charge >= 0.3 is 0 Å². The molecule has 0 bridgehead atoms. The second-order valence-electron chi connectivity index (χ2n) is 2.41. The van der Waals surface area contributed by atoms with E-state index in [1.54, 1.807) is 18.3 Å². The topological polar surface area (TPSA) is 51.6 Å². The molecule has 0 aliphatic heterocycles. The van der Waals surface area contributed by atoms with Crippen LogP contribution in [0.1, 0.15) is 0 Å². The van der Waals surface area contributed by atoms with Gasteiger partial charge in [-0.1, -0.05) is 11.6 Å². The van der Waals surface area contributed by atoms with Crippen molar-refractivity contribution in [1.82, 2.24) is 19.9 Å². The number of nitrogens with zero attached hydrogens (tertiary/aromatic N) is 4. The number of hydrogen-bond acceptors (Lipinski definition) is 4. The van der Waals surface area contributed by atoms with Crippen molar-refractivity contribution in [3.8, 4) is 11.5 Å². The SMILES string of the molecule is Clc1ccnc(-c2ccnc(Cl)n2)n1. The van der Waals surface area contributed by atoms with E-state index in [9.17, 15) is 0 Å². The first kappa shape index (κ1) is 9.30. The van der Waals surface area contributed by atoms with Crippen LogP contribution in [-0.2, 0) is 0 Å². The average Bonchev–Trinajstić information content (AvgIpc) is 2.18. The Balaban J connectivity index is 2.49. The van der Waals surface area contributed by atoms with Crippen LogP contribution in [0.15, 0.2) is 24.5 Å². The van der Waals surface area contributed by atoms with E-state index in [4.69, 9.17) is 23.2 Å². The number of aromatic nitrogens is 4. The molecule has 6 heteroatoms. The zero-order chi connectivity index (χ0) is 9.97. The van der Waals surface area contributed by atoms with E-state index < -0.39 is 0 Å². The molecule has 0 aromatic carbocycles. The Bertz CT molecular complexity index is 417. The fraction of sp³-hybridized carbons (Fsp3) is 0. The molecule has 0 saturated carbocycles. The molecule has 0 fully saturated rings. The molecule has 2 aromatic rings. The summed E-state index contributed by atoms with van der Waals surface area (Å²) in [6.07, 6.45) is 3.09. The quantitative estimate of drug-likeness (QED) is 0.553. The van der Waals surface area contributed by atoms with Crippen LogP contribution in [0.5, 0.6) is 0 Å². The molecule has 0 unspecified atom stereocenters. The second-order valence-corrected chi connectivity index (χ2v) is 3.14. The molecule has 70 valence electrons. The summed E-state index contributed by atoms with van der Waals surface area (Å²) in [6, 6.07) is 3.26. The summed E-state index contributed by atoms with van der Waals surface area (Å²) in [6.45, 7) is 0. The monoisotopic (exact) mass is 226 g/mol. The molecule has 4 nitrogen and oxygen atoms in total. The minimum Gasteiger partial charge on any atom is -0.235 e. The highest BCUT2D eigenvalue weighted by molar-refractivity contribution is 6.29. The molecule has 0 aliphatic rings. The molecule has 0 aliphatic carbocycles. The van der Waals surface area contributed by atoms with Crippen molar-refractivity contribution in [2.75, 3.05) is 0 Å². The van der Waals surface area contributed by atoms with Crippen LogP contribution < -0.4 is 0 Å². The summed E-state index contributed by atoms with van der Waals surface area (Å²) in [5.74, 6) is 0.432. The smallest absolute Gasteiger partial charge is 0.222 e. The van der Waals surface area contributed by atoms with Crippen molar-refractivity contribution in [2.45, 2.75) is 0 Å². The predicted octanol–water partition coefficient (Wildman–Crippen LogP) is 2.24. The van der Waals surface area contributed by atoms with Gasteiger partial charge in [0, 0.05) is 12.4 Å². The molecule has 2 aromatic heterocycles. The van der Waals surface area contributed by atoms with Crippen molar-refractivity contribution in [2.24, 2.45) is 0 Å². The van der Waals surface area contributed by atoms with Gasteiger partial charge in [-0.25, -0.2) is 19.9 Å². The molecule has 2 heterocycles. The first-order chi connectivity index (χ1) is 6.75. The third-order valence-electron chi connectivity index (χ3n) is 1.48. The first-order valence-electron chi connectivity index (χ1n) is 3.73. The van der Waals surface area contributed by atoms with Crippen molar-refractivity contribution < 1.29 is 0 Å². The van der Waals surface area contributed by atoms with Crippen LogP contribution in [0.25, 0.3) is 11.5 Å². The van der Waals surface area contributed by atoms with E-state index >= 15 is 0 Å². The lowest BCUT2D eigenvalue weighted by Crippen LogP contribution is -1.92. The summed E-state index contributed by atoms with van der Waals surface area (Å²) in [7, 11) is 0. The molecule has 0 atom stereocenters. The molecule has 14 heavy (non-hydrogen) atoms. The molecule has 2 rings (SSSR count). The van der Waals surface area contributed by atoms with E-state index in [2.05, 4.69) is 19.9 Å². The van der Waals surface area contributed by atoms with Crippen LogP contribution in [0.3, 0.4) is 0 Å². The van der Waals surface area contributed by atoms with Gasteiger partial charge in [0.2, 0.25) is 5.28 Å². The lowest BCUT2D eigenvalue weighted by Gasteiger charge is -1.98. The Hall–Kier alpha value is -1.26. The standard InChI is InChI=1S/C8H4Cl2N4/c9-6-2-4-11-7(14-6)5-1-3-12-8(10)13-5/h1-4H. The summed E-state index contributed by atoms with van der Waals surface area (Å²) in [5.41, 5.74) is 0.549. The average molecular weight is 227 g/mol. The lowest BCUT2D eigenvalue weighted by molar-refractivity contribution is 1.10. The van der Waals surface area contributed by atoms with Gasteiger partial charge in [0.1, 0.15) is 10.8 Å². The molecular weight excluding hydrogens is 223 g/mol. The molecule has 0 amide bonds. The lowest BCUT2D eigenvalue weighted by atomic mass is 10.4. The van der Waals surface area contributed by atoms with Crippen molar-refractivity contribution in [1.29, 1.82) is 0 Å². The molecule has 0 saturated heterocycles. The number of halogens is 2. The first-order valence-corrected chi connectivity index (χ1v) is 4.49. The van der Waals surface area contributed by atoms with Gasteiger partial charge in [-0.2, -0.15) is 0 Å². The molecule has 0 spiro atoms. The van der Waals surface area contributed by atoms with Crippen LogP contribution in [0, 0.1) is 0 Å². The maximum absolute atomic E-state index is 5.71. The third-order valence-corrected chi connectivity index (χ3v) is 1.87. The van der Waals surface area contributed by atoms with Gasteiger partial charge in [-0.05, 0) is 23.7 Å². The van der Waals surface area contributed by atoms with Crippen LogP contribution in [0.2, 0.25) is 10.4 Å². The molecule has 0 radical (unpaired) electrons. The van der Waals surface area contributed by atoms with Crippen LogP contribution in [-0.4, -0.2) is 19.9 Å². The summed E-state index contributed by atoms with van der Waals surface area (Å²) in [5, 5.41) is 0.524. The molecular formula is C8H4Cl2N4. The maximum Gasteiger partial charge on any atom is 0.222 e. The highest BCUT2D eigenvalue weighted by atomic mass is 35.5. The van der Waals surface area contributed by atoms with E-state index in [1.165, 1.54) is 6.20 Å². The van der Waals surface area contributed by atoms with Gasteiger partial charge in [-0.3, -0.25) is 0 Å². The van der Waals surface area contributed by atoms with Gasteiger partial charge < -0.3 is 0 Å². The fourth-order valence-corrected chi connectivity index (χ4v) is 1.20. The van der Waals surface area contributed by atoms with Gasteiger partial charge in [0.05, 0.1) is 0 Å².